The van der Waals surface area contributed by atoms with E-state index < -0.39 is 6.10 Å². The van der Waals surface area contributed by atoms with Crippen molar-refractivity contribution in [3.63, 3.8) is 0 Å². The molecule has 6 heteroatoms. The van der Waals surface area contributed by atoms with Crippen molar-refractivity contribution in [3.8, 4) is 17.3 Å². The minimum Gasteiger partial charge on any atom is -0.439 e. The number of aromatic nitrogens is 2. The van der Waals surface area contributed by atoms with Crippen molar-refractivity contribution in [2.45, 2.75) is 59.8 Å². The predicted molar refractivity (Wildman–Crippen MR) is 137 cm³/mol. The quantitative estimate of drug-likeness (QED) is 0.363. The van der Waals surface area contributed by atoms with Gasteiger partial charge >= 0.3 is 0 Å². The summed E-state index contributed by atoms with van der Waals surface area (Å²) in [6.07, 6.45) is 0.318. The van der Waals surface area contributed by atoms with Gasteiger partial charge in [-0.25, -0.2) is 4.68 Å². The first-order valence-corrected chi connectivity index (χ1v) is 12.3. The van der Waals surface area contributed by atoms with Crippen molar-refractivity contribution in [2.75, 3.05) is 19.7 Å². The molecule has 1 aromatic heterocycles. The van der Waals surface area contributed by atoms with Crippen molar-refractivity contribution in [2.24, 2.45) is 5.92 Å². The Morgan fingerprint density at radius 1 is 0.941 bits per heavy atom. The Bertz CT molecular complexity index is 987. The first kappa shape index (κ1) is 25.9. The summed E-state index contributed by atoms with van der Waals surface area (Å²) in [6.45, 7) is 12.8. The smallest absolute Gasteiger partial charge is 0.227 e. The van der Waals surface area contributed by atoms with E-state index in [4.69, 9.17) is 14.6 Å². The Labute approximate surface area is 204 Å². The van der Waals surface area contributed by atoms with E-state index in [0.29, 0.717) is 25.6 Å². The summed E-state index contributed by atoms with van der Waals surface area (Å²) in [6, 6.07) is 19.9. The van der Waals surface area contributed by atoms with Crippen LogP contribution in [-0.4, -0.2) is 51.7 Å². The Morgan fingerprint density at radius 2 is 1.59 bits per heavy atom. The largest absolute Gasteiger partial charge is 0.439 e. The van der Waals surface area contributed by atoms with E-state index in [1.807, 2.05) is 79.2 Å². The van der Waals surface area contributed by atoms with Crippen molar-refractivity contribution >= 4 is 0 Å². The molecule has 0 fully saturated rings. The number of nitrogens with zero attached hydrogens (tertiary/aromatic N) is 3. The lowest BCUT2D eigenvalue weighted by molar-refractivity contribution is -0.0109. The Kier molecular flexibility index (Phi) is 9.69. The predicted octanol–water partition coefficient (Wildman–Crippen LogP) is 5.47. The molecule has 0 aliphatic rings. The minimum atomic E-state index is -0.561. The van der Waals surface area contributed by atoms with E-state index in [9.17, 15) is 5.11 Å². The van der Waals surface area contributed by atoms with Crippen molar-refractivity contribution < 1.29 is 14.6 Å². The molecule has 0 unspecified atom stereocenters. The maximum Gasteiger partial charge on any atom is 0.227 e. The number of aliphatic hydroxyl groups excluding tert-OH is 1. The van der Waals surface area contributed by atoms with E-state index in [2.05, 4.69) is 25.7 Å². The maximum atomic E-state index is 10.7. The van der Waals surface area contributed by atoms with Crippen LogP contribution in [-0.2, 0) is 17.7 Å². The molecule has 34 heavy (non-hydrogen) atoms. The molecule has 0 radical (unpaired) electrons. The molecule has 0 saturated carbocycles. The monoisotopic (exact) mass is 465 g/mol. The van der Waals surface area contributed by atoms with E-state index in [-0.39, 0.29) is 6.10 Å². The topological polar surface area (TPSA) is 59.8 Å². The molecule has 0 amide bonds. The second kappa shape index (κ2) is 12.7. The van der Waals surface area contributed by atoms with Gasteiger partial charge in [0.1, 0.15) is 5.75 Å². The molecule has 1 heterocycles. The van der Waals surface area contributed by atoms with Crippen LogP contribution >= 0.6 is 0 Å². The standard InChI is InChI=1S/C28H39N3O3/c1-6-27-26(19-30(17-21(2)3)18-24(32)20-33-22(4)5)28(34-25-15-11-8-12-16-25)31(29-27)23-13-9-7-10-14-23/h7-16,21-22,24,32H,6,17-20H2,1-5H3/t24-/m1/s1. The molecule has 184 valence electrons. The zero-order valence-electron chi connectivity index (χ0n) is 21.1. The molecule has 1 atom stereocenters. The highest BCUT2D eigenvalue weighted by Crippen LogP contribution is 2.32. The van der Waals surface area contributed by atoms with Gasteiger partial charge in [-0.3, -0.25) is 4.90 Å². The highest BCUT2D eigenvalue weighted by molar-refractivity contribution is 5.43. The zero-order chi connectivity index (χ0) is 24.5. The molecule has 2 aromatic carbocycles. The molecule has 1 N–H and O–H groups in total. The van der Waals surface area contributed by atoms with E-state index >= 15 is 0 Å². The van der Waals surface area contributed by atoms with Crippen LogP contribution in [0.25, 0.3) is 5.69 Å². The SMILES string of the molecule is CCc1nn(-c2ccccc2)c(Oc2ccccc2)c1CN(CC(C)C)C[C@@H](O)COC(C)C. The van der Waals surface area contributed by atoms with Gasteiger partial charge in [-0.1, -0.05) is 57.2 Å². The van der Waals surface area contributed by atoms with Gasteiger partial charge < -0.3 is 14.6 Å². The molecule has 0 aliphatic heterocycles. The third-order valence-electron chi connectivity index (χ3n) is 5.41. The van der Waals surface area contributed by atoms with Crippen LogP contribution in [0.2, 0.25) is 0 Å². The summed E-state index contributed by atoms with van der Waals surface area (Å²) >= 11 is 0. The molecule has 3 aromatic rings. The van der Waals surface area contributed by atoms with E-state index in [1.165, 1.54) is 0 Å². The highest BCUT2D eigenvalue weighted by Gasteiger charge is 2.24. The summed E-state index contributed by atoms with van der Waals surface area (Å²) in [7, 11) is 0. The van der Waals surface area contributed by atoms with Gasteiger partial charge in [0, 0.05) is 19.6 Å². The van der Waals surface area contributed by atoms with Crippen molar-refractivity contribution in [3.05, 3.63) is 71.9 Å². The average molecular weight is 466 g/mol. The second-order valence-corrected chi connectivity index (χ2v) is 9.37. The lowest BCUT2D eigenvalue weighted by Gasteiger charge is -2.27. The maximum absolute atomic E-state index is 10.7. The van der Waals surface area contributed by atoms with Crippen molar-refractivity contribution in [1.82, 2.24) is 14.7 Å². The highest BCUT2D eigenvalue weighted by atomic mass is 16.5. The first-order valence-electron chi connectivity index (χ1n) is 12.3. The fraction of sp³-hybridized carbons (Fsp3) is 0.464. The number of aryl methyl sites for hydroxylation is 1. The third kappa shape index (κ3) is 7.42. The zero-order valence-corrected chi connectivity index (χ0v) is 21.1. The van der Waals surface area contributed by atoms with Gasteiger partial charge in [-0.15, -0.1) is 0 Å². The molecule has 0 saturated heterocycles. The average Bonchev–Trinajstić information content (AvgIpc) is 3.15. The van der Waals surface area contributed by atoms with Gasteiger partial charge in [-0.2, -0.15) is 5.10 Å². The number of para-hydroxylation sites is 2. The summed E-state index contributed by atoms with van der Waals surface area (Å²) in [5.74, 6) is 1.94. The van der Waals surface area contributed by atoms with Gasteiger partial charge in [0.15, 0.2) is 0 Å². The fourth-order valence-electron chi connectivity index (χ4n) is 3.97. The van der Waals surface area contributed by atoms with Gasteiger partial charge in [0.2, 0.25) is 5.88 Å². The Morgan fingerprint density at radius 3 is 2.18 bits per heavy atom. The van der Waals surface area contributed by atoms with Crippen LogP contribution in [0.4, 0.5) is 0 Å². The normalized spacial score (nSPS) is 12.6. The summed E-state index contributed by atoms with van der Waals surface area (Å²) < 4.78 is 14.0. The first-order chi connectivity index (χ1) is 16.4. The van der Waals surface area contributed by atoms with Crippen LogP contribution in [0, 0.1) is 5.92 Å². The van der Waals surface area contributed by atoms with Gasteiger partial charge in [0.05, 0.1) is 35.8 Å². The molecule has 6 nitrogen and oxygen atoms in total. The minimum absolute atomic E-state index is 0.0925. The Balaban J connectivity index is 1.97. The number of benzene rings is 2. The molecule has 0 spiro atoms. The van der Waals surface area contributed by atoms with Crippen molar-refractivity contribution in [1.29, 1.82) is 0 Å². The van der Waals surface area contributed by atoms with Crippen LogP contribution in [0.3, 0.4) is 0 Å². The summed E-state index contributed by atoms with van der Waals surface area (Å²) in [4.78, 5) is 2.28. The fourth-order valence-corrected chi connectivity index (χ4v) is 3.97. The molecular formula is C28H39N3O3. The lowest BCUT2D eigenvalue weighted by Crippen LogP contribution is -2.37. The van der Waals surface area contributed by atoms with E-state index in [0.717, 1.165) is 41.5 Å². The van der Waals surface area contributed by atoms with Crippen LogP contribution < -0.4 is 4.74 Å². The van der Waals surface area contributed by atoms with E-state index in [1.54, 1.807) is 0 Å². The van der Waals surface area contributed by atoms with Gasteiger partial charge in [-0.05, 0) is 50.5 Å². The number of ether oxygens (including phenoxy) is 2. The van der Waals surface area contributed by atoms with Gasteiger partial charge in [0.25, 0.3) is 0 Å². The summed E-state index contributed by atoms with van der Waals surface area (Å²) in [5, 5.41) is 15.6. The molecular weight excluding hydrogens is 426 g/mol. The van der Waals surface area contributed by atoms with Crippen LogP contribution in [0.5, 0.6) is 11.6 Å². The van der Waals surface area contributed by atoms with Crippen LogP contribution in [0.15, 0.2) is 60.7 Å². The summed E-state index contributed by atoms with van der Waals surface area (Å²) in [5.41, 5.74) is 3.00. The molecule has 3 rings (SSSR count). The number of hydrogen-bond donors (Lipinski definition) is 1. The molecule has 0 aliphatic carbocycles. The number of rotatable bonds is 13. The number of aliphatic hydroxyl groups is 1. The third-order valence-corrected chi connectivity index (χ3v) is 5.41. The Hall–Kier alpha value is -2.67. The van der Waals surface area contributed by atoms with Crippen LogP contribution in [0.1, 0.15) is 45.9 Å². The lowest BCUT2D eigenvalue weighted by atomic mass is 10.1. The second-order valence-electron chi connectivity index (χ2n) is 9.37. The number of hydrogen-bond acceptors (Lipinski definition) is 5. The molecule has 0 bridgehead atoms.